The van der Waals surface area contributed by atoms with Gasteiger partial charge in [-0.1, -0.05) is 6.08 Å². The zero-order valence-corrected chi connectivity index (χ0v) is 19.5. The maximum atomic E-state index is 13.2. The molecular formula is C22H26F3N3O7. The molecule has 0 aromatic carbocycles. The second-order valence-electron chi connectivity index (χ2n) is 9.27. The van der Waals surface area contributed by atoms with Gasteiger partial charge in [0.25, 0.3) is 5.56 Å². The summed E-state index contributed by atoms with van der Waals surface area (Å²) in [6, 6.07) is 0. The highest BCUT2D eigenvalue weighted by Gasteiger charge is 2.42. The molecule has 3 rings (SSSR count). The molecule has 3 atom stereocenters. The number of ether oxygens (including phenoxy) is 3. The van der Waals surface area contributed by atoms with E-state index < -0.39 is 58.8 Å². The number of carbonyl (C=O) groups excluding carboxylic acids is 2. The minimum absolute atomic E-state index is 0.217. The summed E-state index contributed by atoms with van der Waals surface area (Å²) < 4.78 is 56.7. The van der Waals surface area contributed by atoms with Crippen LogP contribution in [-0.2, 0) is 30.0 Å². The Morgan fingerprint density at radius 2 is 1.91 bits per heavy atom. The fourth-order valence-electron chi connectivity index (χ4n) is 3.46. The highest BCUT2D eigenvalue weighted by molar-refractivity contribution is 5.89. The van der Waals surface area contributed by atoms with Gasteiger partial charge >= 0.3 is 23.8 Å². The van der Waals surface area contributed by atoms with Crippen molar-refractivity contribution in [2.24, 2.45) is 5.41 Å². The van der Waals surface area contributed by atoms with Crippen molar-refractivity contribution in [2.75, 3.05) is 13.7 Å². The van der Waals surface area contributed by atoms with Crippen molar-refractivity contribution >= 4 is 11.9 Å². The van der Waals surface area contributed by atoms with Crippen LogP contribution in [0.15, 0.2) is 39.8 Å². The number of halogens is 3. The zero-order chi connectivity index (χ0) is 26.1. The monoisotopic (exact) mass is 501 g/mol. The SMILES string of the molecule is CN1C=CCC(C(=O)O[C@H]2CC(n3cc(C(F)(F)F)c(=O)[nH]c3=O)O[C@@H]2COC(=O)C(C)(C)C)=C1. The molecule has 2 aliphatic rings. The van der Waals surface area contributed by atoms with E-state index in [-0.39, 0.29) is 13.0 Å². The van der Waals surface area contributed by atoms with Crippen molar-refractivity contribution in [3.8, 4) is 0 Å². The number of H-pyrrole nitrogens is 1. The third kappa shape index (κ3) is 6.21. The standard InChI is InChI=1S/C22H26F3N3O7/c1-21(2,3)19(31)33-11-15-14(35-18(30)12-6-5-7-27(4)9-12)8-16(34-15)28-10-13(22(23,24)25)17(29)26-20(28)32/h5,7,9-10,14-16H,6,8,11H2,1-4H3,(H,26,29,32)/t14-,15+,16?/m0/s1. The summed E-state index contributed by atoms with van der Waals surface area (Å²) in [7, 11) is 1.72. The number of esters is 2. The van der Waals surface area contributed by atoms with E-state index in [4.69, 9.17) is 14.2 Å². The molecule has 0 aliphatic carbocycles. The smallest absolute Gasteiger partial charge is 0.423 e. The van der Waals surface area contributed by atoms with E-state index in [0.29, 0.717) is 22.8 Å². The molecule has 1 fully saturated rings. The van der Waals surface area contributed by atoms with E-state index in [1.54, 1.807) is 56.2 Å². The zero-order valence-electron chi connectivity index (χ0n) is 19.5. The maximum Gasteiger partial charge on any atom is 0.423 e. The minimum atomic E-state index is -5.01. The first-order chi connectivity index (χ1) is 16.2. The Morgan fingerprint density at radius 1 is 1.23 bits per heavy atom. The van der Waals surface area contributed by atoms with E-state index >= 15 is 0 Å². The predicted octanol–water partition coefficient (Wildman–Crippen LogP) is 2.08. The van der Waals surface area contributed by atoms with E-state index in [1.807, 2.05) is 0 Å². The lowest BCUT2D eigenvalue weighted by atomic mass is 9.97. The van der Waals surface area contributed by atoms with Crippen LogP contribution in [0.5, 0.6) is 0 Å². The van der Waals surface area contributed by atoms with Crippen molar-refractivity contribution in [2.45, 2.75) is 58.2 Å². The maximum absolute atomic E-state index is 13.2. The van der Waals surface area contributed by atoms with Gasteiger partial charge < -0.3 is 19.1 Å². The molecule has 0 spiro atoms. The number of hydrogen-bond acceptors (Lipinski definition) is 8. The summed E-state index contributed by atoms with van der Waals surface area (Å²) in [5, 5.41) is 0. The Labute approximate surface area is 198 Å². The van der Waals surface area contributed by atoms with Gasteiger partial charge in [-0.25, -0.2) is 9.59 Å². The topological polar surface area (TPSA) is 120 Å². The van der Waals surface area contributed by atoms with Gasteiger partial charge in [0.15, 0.2) is 0 Å². The fourth-order valence-corrected chi connectivity index (χ4v) is 3.46. The van der Waals surface area contributed by atoms with Crippen LogP contribution in [0.25, 0.3) is 0 Å². The van der Waals surface area contributed by atoms with Gasteiger partial charge in [-0.3, -0.25) is 19.1 Å². The average Bonchev–Trinajstić information content (AvgIpc) is 3.12. The number of aromatic nitrogens is 2. The van der Waals surface area contributed by atoms with Crippen LogP contribution in [0.2, 0.25) is 0 Å². The number of hydrogen-bond donors (Lipinski definition) is 1. The number of nitrogens with zero attached hydrogens (tertiary/aromatic N) is 2. The summed E-state index contributed by atoms with van der Waals surface area (Å²) in [6.45, 7) is 4.52. The van der Waals surface area contributed by atoms with E-state index in [1.165, 1.54) is 0 Å². The summed E-state index contributed by atoms with van der Waals surface area (Å²) in [5.41, 5.74) is -4.82. The molecule has 1 unspecified atom stereocenters. The van der Waals surface area contributed by atoms with Crippen molar-refractivity contribution in [1.29, 1.82) is 0 Å². The third-order valence-corrected chi connectivity index (χ3v) is 5.31. The van der Waals surface area contributed by atoms with Gasteiger partial charge in [-0.15, -0.1) is 0 Å². The summed E-state index contributed by atoms with van der Waals surface area (Å²) >= 11 is 0. The Balaban J connectivity index is 1.87. The van der Waals surface area contributed by atoms with Gasteiger partial charge in [0.1, 0.15) is 30.6 Å². The quantitative estimate of drug-likeness (QED) is 0.609. The second-order valence-corrected chi connectivity index (χ2v) is 9.27. The van der Waals surface area contributed by atoms with Crippen molar-refractivity contribution < 1.29 is 37.0 Å². The van der Waals surface area contributed by atoms with Crippen LogP contribution in [0.4, 0.5) is 13.2 Å². The highest BCUT2D eigenvalue weighted by atomic mass is 19.4. The number of aromatic amines is 1. The first kappa shape index (κ1) is 26.3. The number of alkyl halides is 3. The molecular weight excluding hydrogens is 475 g/mol. The minimum Gasteiger partial charge on any atom is -0.462 e. The molecule has 0 amide bonds. The summed E-state index contributed by atoms with van der Waals surface area (Å²) in [6.07, 6.45) is -2.95. The highest BCUT2D eigenvalue weighted by Crippen LogP contribution is 2.33. The van der Waals surface area contributed by atoms with Crippen LogP contribution >= 0.6 is 0 Å². The Kier molecular flexibility index (Phi) is 7.29. The van der Waals surface area contributed by atoms with Gasteiger partial charge in [-0.05, 0) is 27.0 Å². The first-order valence-electron chi connectivity index (χ1n) is 10.7. The third-order valence-electron chi connectivity index (χ3n) is 5.31. The van der Waals surface area contributed by atoms with E-state index in [2.05, 4.69) is 0 Å². The molecule has 192 valence electrons. The van der Waals surface area contributed by atoms with E-state index in [0.717, 1.165) is 0 Å². The van der Waals surface area contributed by atoms with Crippen molar-refractivity contribution in [1.82, 2.24) is 14.5 Å². The molecule has 0 bridgehead atoms. The van der Waals surface area contributed by atoms with Crippen molar-refractivity contribution in [3.05, 3.63) is 56.6 Å². The summed E-state index contributed by atoms with van der Waals surface area (Å²) in [4.78, 5) is 52.1. The molecule has 10 nitrogen and oxygen atoms in total. The normalized spacial score (nSPS) is 22.7. The molecule has 3 heterocycles. The molecule has 35 heavy (non-hydrogen) atoms. The molecule has 0 saturated carbocycles. The lowest BCUT2D eigenvalue weighted by Crippen LogP contribution is -2.36. The number of allylic oxidation sites excluding steroid dienone is 1. The largest absolute Gasteiger partial charge is 0.462 e. The average molecular weight is 501 g/mol. The van der Waals surface area contributed by atoms with Gasteiger partial charge in [-0.2, -0.15) is 13.2 Å². The molecule has 0 radical (unpaired) electrons. The Morgan fingerprint density at radius 3 is 2.51 bits per heavy atom. The van der Waals surface area contributed by atoms with Gasteiger partial charge in [0, 0.05) is 32.3 Å². The lowest BCUT2D eigenvalue weighted by molar-refractivity contribution is -0.162. The number of carbonyl (C=O) groups is 2. The number of rotatable bonds is 5. The fraction of sp³-hybridized carbons (Fsp3) is 0.545. The molecule has 1 aromatic rings. The van der Waals surface area contributed by atoms with Crippen LogP contribution in [-0.4, -0.2) is 52.3 Å². The summed E-state index contributed by atoms with van der Waals surface area (Å²) in [5.74, 6) is -1.26. The van der Waals surface area contributed by atoms with Crippen LogP contribution in [0.1, 0.15) is 45.4 Å². The van der Waals surface area contributed by atoms with Gasteiger partial charge in [0.05, 0.1) is 11.0 Å². The molecule has 1 N–H and O–H groups in total. The Bertz CT molecular complexity index is 1160. The first-order valence-corrected chi connectivity index (χ1v) is 10.7. The van der Waals surface area contributed by atoms with Crippen LogP contribution < -0.4 is 11.2 Å². The molecule has 13 heteroatoms. The second kappa shape index (κ2) is 9.72. The predicted molar refractivity (Wildman–Crippen MR) is 115 cm³/mol. The van der Waals surface area contributed by atoms with Crippen molar-refractivity contribution in [3.63, 3.8) is 0 Å². The van der Waals surface area contributed by atoms with E-state index in [9.17, 15) is 32.3 Å². The van der Waals surface area contributed by atoms with Gasteiger partial charge in [0.2, 0.25) is 0 Å². The number of nitrogens with one attached hydrogen (secondary N) is 1. The van der Waals surface area contributed by atoms with Crippen LogP contribution in [0, 0.1) is 5.41 Å². The molecule has 1 aromatic heterocycles. The molecule has 2 aliphatic heterocycles. The Hall–Kier alpha value is -3.35. The lowest BCUT2D eigenvalue weighted by Gasteiger charge is -2.23. The molecule has 1 saturated heterocycles. The van der Waals surface area contributed by atoms with Crippen LogP contribution in [0.3, 0.4) is 0 Å².